The fourth-order valence-corrected chi connectivity index (χ4v) is 4.17. The number of nitrogens with zero attached hydrogens (tertiary/aromatic N) is 7. The standard InChI is InChI=1S/C21H23F2N9O/c1-11-25-14-6-5-13(26-19(14)31(11)10-16(22)23)12-7-9-32-17(12)18(24)28-21(29-32)27-15-4-3-8-30(2)20(15)33/h5-7,9,15-16H,3-4,8,10H2,1-2H3,(H3,24,27,28,29)/t15-/m1/s1/i9D. The van der Waals surface area contributed by atoms with E-state index in [-0.39, 0.29) is 23.5 Å². The first kappa shape index (κ1) is 19.8. The van der Waals surface area contributed by atoms with Crippen molar-refractivity contribution in [2.45, 2.75) is 38.8 Å². The van der Waals surface area contributed by atoms with Crippen LogP contribution in [0.5, 0.6) is 0 Å². The van der Waals surface area contributed by atoms with Gasteiger partial charge >= 0.3 is 0 Å². The number of hydrogen-bond donors (Lipinski definition) is 2. The van der Waals surface area contributed by atoms with Crippen molar-refractivity contribution in [1.82, 2.24) is 34.0 Å². The van der Waals surface area contributed by atoms with Crippen LogP contribution in [0, 0.1) is 6.92 Å². The highest BCUT2D eigenvalue weighted by Gasteiger charge is 2.26. The first-order valence-corrected chi connectivity index (χ1v) is 10.5. The maximum absolute atomic E-state index is 13.1. The zero-order chi connectivity index (χ0) is 24.1. The number of aryl methyl sites for hydroxylation is 1. The van der Waals surface area contributed by atoms with E-state index in [0.717, 1.165) is 6.42 Å². The molecule has 3 N–H and O–H groups in total. The Morgan fingerprint density at radius 3 is 2.94 bits per heavy atom. The van der Waals surface area contributed by atoms with E-state index >= 15 is 0 Å². The van der Waals surface area contributed by atoms with E-state index in [1.807, 2.05) is 0 Å². The van der Waals surface area contributed by atoms with Crippen LogP contribution in [-0.2, 0) is 11.3 Å². The summed E-state index contributed by atoms with van der Waals surface area (Å²) in [6.07, 6.45) is -1.04. The Hall–Kier alpha value is -3.83. The molecule has 0 aliphatic carbocycles. The molecule has 4 aromatic heterocycles. The number of alkyl halides is 2. The molecule has 0 unspecified atom stereocenters. The van der Waals surface area contributed by atoms with Crippen molar-refractivity contribution < 1.29 is 14.9 Å². The Kier molecular flexibility index (Phi) is 4.77. The van der Waals surface area contributed by atoms with Crippen LogP contribution in [0.25, 0.3) is 27.9 Å². The van der Waals surface area contributed by atoms with E-state index in [1.54, 1.807) is 37.1 Å². The molecule has 0 saturated carbocycles. The van der Waals surface area contributed by atoms with Gasteiger partial charge in [-0.25, -0.2) is 23.7 Å². The van der Waals surface area contributed by atoms with Crippen molar-refractivity contribution in [1.29, 1.82) is 0 Å². The van der Waals surface area contributed by atoms with E-state index in [2.05, 4.69) is 25.0 Å². The van der Waals surface area contributed by atoms with Gasteiger partial charge in [-0.3, -0.25) is 14.4 Å². The molecule has 33 heavy (non-hydrogen) atoms. The van der Waals surface area contributed by atoms with Crippen LogP contribution < -0.4 is 11.4 Å². The average molecular weight is 456 g/mol. The van der Waals surface area contributed by atoms with Crippen LogP contribution in [0.4, 0.5) is 14.6 Å². The molecule has 0 aromatic carbocycles. The van der Waals surface area contributed by atoms with E-state index in [1.165, 1.54) is 9.08 Å². The summed E-state index contributed by atoms with van der Waals surface area (Å²) in [5.41, 5.74) is 8.57. The molecule has 1 aliphatic rings. The molecule has 1 saturated heterocycles. The van der Waals surface area contributed by atoms with Gasteiger partial charge in [0, 0.05) is 25.3 Å². The molecule has 0 radical (unpaired) electrons. The van der Waals surface area contributed by atoms with Gasteiger partial charge in [0.1, 0.15) is 22.9 Å². The summed E-state index contributed by atoms with van der Waals surface area (Å²) in [5.74, 6) is 0.445. The van der Waals surface area contributed by atoms with Gasteiger partial charge < -0.3 is 15.2 Å². The number of likely N-dealkylation sites (tertiary alicyclic amines) is 1. The summed E-state index contributed by atoms with van der Waals surface area (Å²) in [7, 11) is 1.73. The monoisotopic (exact) mass is 456 g/mol. The van der Waals surface area contributed by atoms with E-state index < -0.39 is 19.0 Å². The molecule has 0 bridgehead atoms. The highest BCUT2D eigenvalue weighted by atomic mass is 19.3. The molecular weight excluding hydrogens is 432 g/mol. The molecule has 5 heterocycles. The number of piperidine rings is 1. The second kappa shape index (κ2) is 7.94. The third-order valence-electron chi connectivity index (χ3n) is 5.79. The van der Waals surface area contributed by atoms with Gasteiger partial charge in [0.15, 0.2) is 11.5 Å². The number of likely N-dealkylation sites (N-methyl/N-ethyl adjacent to an activating group) is 1. The smallest absolute Gasteiger partial charge is 0.256 e. The lowest BCUT2D eigenvalue weighted by Gasteiger charge is -2.26. The minimum atomic E-state index is -2.55. The Labute approximate surface area is 188 Å². The normalized spacial score (nSPS) is 18.2. The average Bonchev–Trinajstić information content (AvgIpc) is 3.28. The SMILES string of the molecule is [2H]c1cc(-c2ccc3nc(C)n(CC(F)F)c3n2)c2c(N)nc(=N[C@@H]3CCCN(C)C3=O)[nH]n12. The summed E-state index contributed by atoms with van der Waals surface area (Å²) in [6, 6.07) is 4.39. The third-order valence-corrected chi connectivity index (χ3v) is 5.79. The number of carbonyl (C=O) groups is 1. The quantitative estimate of drug-likeness (QED) is 0.484. The number of imidazole rings is 1. The van der Waals surface area contributed by atoms with Gasteiger partial charge in [0.2, 0.25) is 11.5 Å². The summed E-state index contributed by atoms with van der Waals surface area (Å²) in [4.78, 5) is 31.6. The fraction of sp³-hybridized carbons (Fsp3) is 0.381. The van der Waals surface area contributed by atoms with Crippen LogP contribution in [0.15, 0.2) is 29.4 Å². The zero-order valence-corrected chi connectivity index (χ0v) is 18.1. The van der Waals surface area contributed by atoms with Gasteiger partial charge in [-0.1, -0.05) is 0 Å². The molecule has 1 amide bonds. The minimum Gasteiger partial charge on any atom is -0.382 e. The van der Waals surface area contributed by atoms with Crippen LogP contribution in [0.3, 0.4) is 0 Å². The van der Waals surface area contributed by atoms with Gasteiger partial charge in [-0.2, -0.15) is 4.98 Å². The lowest BCUT2D eigenvalue weighted by molar-refractivity contribution is -0.133. The van der Waals surface area contributed by atoms with E-state index in [9.17, 15) is 13.6 Å². The predicted molar refractivity (Wildman–Crippen MR) is 117 cm³/mol. The highest BCUT2D eigenvalue weighted by molar-refractivity contribution is 5.88. The fourth-order valence-electron chi connectivity index (χ4n) is 4.17. The molecule has 1 atom stereocenters. The third kappa shape index (κ3) is 3.70. The summed E-state index contributed by atoms with van der Waals surface area (Å²) in [6.45, 7) is 1.82. The number of nitrogen functional groups attached to an aromatic ring is 1. The van der Waals surface area contributed by atoms with Crippen LogP contribution in [-0.4, -0.2) is 66.0 Å². The maximum Gasteiger partial charge on any atom is 0.256 e. The van der Waals surface area contributed by atoms with Crippen LogP contribution >= 0.6 is 0 Å². The number of anilines is 1. The summed E-state index contributed by atoms with van der Waals surface area (Å²) in [5, 5.41) is 2.94. The molecule has 5 rings (SSSR count). The number of aromatic amines is 1. The summed E-state index contributed by atoms with van der Waals surface area (Å²) >= 11 is 0. The summed E-state index contributed by atoms with van der Waals surface area (Å²) < 4.78 is 37.4. The van der Waals surface area contributed by atoms with E-state index in [4.69, 9.17) is 7.10 Å². The Balaban J connectivity index is 1.62. The number of halogens is 2. The van der Waals surface area contributed by atoms with Gasteiger partial charge in [-0.05, 0) is 38.0 Å². The number of H-pyrrole nitrogens is 1. The van der Waals surface area contributed by atoms with E-state index in [0.29, 0.717) is 46.7 Å². The number of nitrogens with one attached hydrogen (secondary N) is 1. The number of aromatic nitrogens is 6. The van der Waals surface area contributed by atoms with Crippen molar-refractivity contribution in [3.8, 4) is 11.3 Å². The second-order valence-corrected chi connectivity index (χ2v) is 8.05. The lowest BCUT2D eigenvalue weighted by Crippen LogP contribution is -2.42. The maximum atomic E-state index is 13.1. The zero-order valence-electron chi connectivity index (χ0n) is 19.1. The number of amides is 1. The minimum absolute atomic E-state index is 0.0711. The van der Waals surface area contributed by atoms with Crippen LogP contribution in [0.1, 0.15) is 20.0 Å². The van der Waals surface area contributed by atoms with Gasteiger partial charge in [0.05, 0.1) is 13.6 Å². The van der Waals surface area contributed by atoms with Gasteiger partial charge in [0.25, 0.3) is 6.43 Å². The second-order valence-electron chi connectivity index (χ2n) is 8.05. The number of nitrogens with two attached hydrogens (primary N) is 1. The number of hydrogen-bond acceptors (Lipinski definition) is 6. The predicted octanol–water partition coefficient (Wildman–Crippen LogP) is 1.75. The molecule has 4 aromatic rings. The number of pyridine rings is 1. The molecule has 1 fully saturated rings. The first-order valence-electron chi connectivity index (χ1n) is 11.0. The van der Waals surface area contributed by atoms with Crippen molar-refractivity contribution in [3.63, 3.8) is 0 Å². The van der Waals surface area contributed by atoms with Crippen molar-refractivity contribution in [2.24, 2.45) is 4.99 Å². The van der Waals surface area contributed by atoms with Crippen molar-refractivity contribution in [3.05, 3.63) is 35.8 Å². The first-order chi connectivity index (χ1) is 16.2. The van der Waals surface area contributed by atoms with Gasteiger partial charge in [-0.15, -0.1) is 0 Å². The number of fused-ring (bicyclic) bond motifs is 2. The number of rotatable bonds is 4. The highest BCUT2D eigenvalue weighted by Crippen LogP contribution is 2.28. The Bertz CT molecular complexity index is 1490. The van der Waals surface area contributed by atoms with Crippen molar-refractivity contribution in [2.75, 3.05) is 19.3 Å². The molecule has 10 nitrogen and oxygen atoms in total. The molecular formula is C21H23F2N9O. The topological polar surface area (TPSA) is 122 Å². The largest absolute Gasteiger partial charge is 0.382 e. The molecule has 12 heteroatoms. The number of carbonyl (C=O) groups excluding carboxylic acids is 1. The lowest BCUT2D eigenvalue weighted by atomic mass is 10.1. The van der Waals surface area contributed by atoms with Crippen LogP contribution in [0.2, 0.25) is 0 Å². The molecule has 172 valence electrons. The molecule has 1 aliphatic heterocycles. The molecule has 0 spiro atoms. The Morgan fingerprint density at radius 1 is 1.33 bits per heavy atom. The Morgan fingerprint density at radius 2 is 2.15 bits per heavy atom. The van der Waals surface area contributed by atoms with Crippen molar-refractivity contribution >= 4 is 28.4 Å².